The van der Waals surface area contributed by atoms with Crippen LogP contribution in [0.25, 0.3) is 11.3 Å². The van der Waals surface area contributed by atoms with E-state index in [1.165, 1.54) is 13.2 Å². The number of ether oxygens (including phenoxy) is 1. The van der Waals surface area contributed by atoms with E-state index in [9.17, 15) is 13.2 Å². The lowest BCUT2D eigenvalue weighted by atomic mass is 10.1. The van der Waals surface area contributed by atoms with Gasteiger partial charge in [-0.1, -0.05) is 22.8 Å². The van der Waals surface area contributed by atoms with Gasteiger partial charge in [-0.3, -0.25) is 4.79 Å². The Morgan fingerprint density at radius 2 is 1.90 bits per heavy atom. The van der Waals surface area contributed by atoms with E-state index in [-0.39, 0.29) is 22.8 Å². The van der Waals surface area contributed by atoms with E-state index in [4.69, 9.17) is 20.9 Å². The molecule has 31 heavy (non-hydrogen) atoms. The molecule has 9 heteroatoms. The Kier molecular flexibility index (Phi) is 6.71. The third-order valence-corrected chi connectivity index (χ3v) is 7.11. The molecule has 0 bridgehead atoms. The van der Waals surface area contributed by atoms with Gasteiger partial charge in [-0.05, 0) is 56.7 Å². The van der Waals surface area contributed by atoms with E-state index < -0.39 is 15.7 Å². The molecule has 7 nitrogen and oxygen atoms in total. The number of methoxy groups -OCH3 is 1. The Morgan fingerprint density at radius 3 is 2.52 bits per heavy atom. The van der Waals surface area contributed by atoms with E-state index in [2.05, 4.69) is 10.5 Å². The van der Waals surface area contributed by atoms with Gasteiger partial charge < -0.3 is 14.6 Å². The fraction of sp³-hybridized carbons (Fsp3) is 0.273. The number of hydrogen-bond donors (Lipinski definition) is 1. The number of nitrogens with one attached hydrogen (secondary N) is 1. The normalized spacial score (nSPS) is 11.4. The van der Waals surface area contributed by atoms with Crippen LogP contribution in [0.1, 0.15) is 23.2 Å². The number of nitrogens with zero attached hydrogens (tertiary/aromatic N) is 1. The van der Waals surface area contributed by atoms with Gasteiger partial charge in [-0.15, -0.1) is 0 Å². The maximum absolute atomic E-state index is 13.0. The molecule has 1 aromatic heterocycles. The summed E-state index contributed by atoms with van der Waals surface area (Å²) in [6, 6.07) is 9.86. The van der Waals surface area contributed by atoms with Crippen molar-refractivity contribution in [1.82, 2.24) is 5.16 Å². The fourth-order valence-electron chi connectivity index (χ4n) is 2.98. The summed E-state index contributed by atoms with van der Waals surface area (Å²) >= 11 is 6.07. The van der Waals surface area contributed by atoms with Crippen LogP contribution in [0.2, 0.25) is 5.02 Å². The highest BCUT2D eigenvalue weighted by atomic mass is 35.5. The van der Waals surface area contributed by atoms with Gasteiger partial charge >= 0.3 is 0 Å². The SMILES string of the molecule is COc1ccc(-c2onc(C)c2C)cc1S(=O)(=O)CCC(=O)Nc1ccc(C)c(Cl)c1. The molecule has 0 saturated heterocycles. The number of carbonyl (C=O) groups excluding carboxylic acids is 1. The Morgan fingerprint density at radius 1 is 1.16 bits per heavy atom. The molecule has 0 radical (unpaired) electrons. The van der Waals surface area contributed by atoms with Gasteiger partial charge in [0.2, 0.25) is 5.91 Å². The molecule has 164 valence electrons. The predicted octanol–water partition coefficient (Wildman–Crippen LogP) is 4.73. The van der Waals surface area contributed by atoms with Gasteiger partial charge in [-0.25, -0.2) is 8.42 Å². The fourth-order valence-corrected chi connectivity index (χ4v) is 4.60. The molecular formula is C22H23ClN2O5S. The van der Waals surface area contributed by atoms with Gasteiger partial charge in [0.15, 0.2) is 15.6 Å². The number of sulfone groups is 1. The van der Waals surface area contributed by atoms with Crippen molar-refractivity contribution in [3.8, 4) is 17.1 Å². The molecule has 0 aliphatic heterocycles. The Labute approximate surface area is 186 Å². The van der Waals surface area contributed by atoms with Crippen LogP contribution in [0.15, 0.2) is 45.8 Å². The molecule has 0 spiro atoms. The van der Waals surface area contributed by atoms with Crippen molar-refractivity contribution < 1.29 is 22.5 Å². The minimum absolute atomic E-state index is 0.00728. The highest BCUT2D eigenvalue weighted by molar-refractivity contribution is 7.91. The smallest absolute Gasteiger partial charge is 0.225 e. The predicted molar refractivity (Wildman–Crippen MR) is 119 cm³/mol. The molecular weight excluding hydrogens is 440 g/mol. The van der Waals surface area contributed by atoms with Crippen molar-refractivity contribution in [1.29, 1.82) is 0 Å². The highest BCUT2D eigenvalue weighted by Gasteiger charge is 2.23. The average molecular weight is 463 g/mol. The third-order valence-electron chi connectivity index (χ3n) is 4.97. The van der Waals surface area contributed by atoms with E-state index in [0.29, 0.717) is 22.0 Å². The monoisotopic (exact) mass is 462 g/mol. The summed E-state index contributed by atoms with van der Waals surface area (Å²) in [5.74, 6) is -0.124. The first kappa shape index (κ1) is 22.8. The van der Waals surface area contributed by atoms with Crippen LogP contribution in [0.4, 0.5) is 5.69 Å². The number of amides is 1. The summed E-state index contributed by atoms with van der Waals surface area (Å²) < 4.78 is 36.6. The molecule has 1 N–H and O–H groups in total. The van der Waals surface area contributed by atoms with Crippen molar-refractivity contribution in [2.75, 3.05) is 18.2 Å². The van der Waals surface area contributed by atoms with E-state index >= 15 is 0 Å². The lowest BCUT2D eigenvalue weighted by Crippen LogP contribution is -2.18. The number of carbonyl (C=O) groups is 1. The zero-order valence-corrected chi connectivity index (χ0v) is 19.2. The molecule has 0 unspecified atom stereocenters. The van der Waals surface area contributed by atoms with Gasteiger partial charge in [0, 0.05) is 28.3 Å². The first-order chi connectivity index (χ1) is 14.6. The van der Waals surface area contributed by atoms with Crippen molar-refractivity contribution >= 4 is 33.0 Å². The summed E-state index contributed by atoms with van der Waals surface area (Å²) in [6.07, 6.45) is -0.221. The summed E-state index contributed by atoms with van der Waals surface area (Å²) in [5.41, 5.74) is 3.50. The zero-order valence-electron chi connectivity index (χ0n) is 17.7. The molecule has 0 atom stereocenters. The maximum Gasteiger partial charge on any atom is 0.225 e. The molecule has 2 aromatic carbocycles. The number of anilines is 1. The molecule has 0 aliphatic rings. The van der Waals surface area contributed by atoms with Crippen LogP contribution >= 0.6 is 11.6 Å². The Balaban J connectivity index is 1.80. The van der Waals surface area contributed by atoms with Crippen LogP contribution in [0.5, 0.6) is 5.75 Å². The van der Waals surface area contributed by atoms with Crippen LogP contribution in [-0.2, 0) is 14.6 Å². The second-order valence-corrected chi connectivity index (χ2v) is 9.65. The largest absolute Gasteiger partial charge is 0.495 e. The highest BCUT2D eigenvalue weighted by Crippen LogP contribution is 2.33. The average Bonchev–Trinajstić information content (AvgIpc) is 3.07. The number of aromatic nitrogens is 1. The molecule has 0 fully saturated rings. The number of halogens is 1. The topological polar surface area (TPSA) is 98.5 Å². The zero-order chi connectivity index (χ0) is 22.8. The second kappa shape index (κ2) is 9.11. The third kappa shape index (κ3) is 5.08. The van der Waals surface area contributed by atoms with Crippen molar-refractivity contribution in [3.63, 3.8) is 0 Å². The van der Waals surface area contributed by atoms with Gasteiger partial charge in [-0.2, -0.15) is 0 Å². The lowest BCUT2D eigenvalue weighted by Gasteiger charge is -2.12. The summed E-state index contributed by atoms with van der Waals surface area (Å²) in [4.78, 5) is 12.3. The van der Waals surface area contributed by atoms with Crippen molar-refractivity contribution in [3.05, 3.63) is 58.2 Å². The van der Waals surface area contributed by atoms with E-state index in [0.717, 1.165) is 16.8 Å². The van der Waals surface area contributed by atoms with Crippen LogP contribution in [0, 0.1) is 20.8 Å². The van der Waals surface area contributed by atoms with Gasteiger partial charge in [0.05, 0.1) is 18.6 Å². The summed E-state index contributed by atoms with van der Waals surface area (Å²) in [7, 11) is -2.42. The number of aryl methyl sites for hydroxylation is 2. The molecule has 0 saturated carbocycles. The minimum Gasteiger partial charge on any atom is -0.495 e. The first-order valence-corrected chi connectivity index (χ1v) is 11.6. The Hall–Kier alpha value is -2.84. The van der Waals surface area contributed by atoms with E-state index in [1.54, 1.807) is 30.3 Å². The quantitative estimate of drug-likeness (QED) is 0.545. The number of benzene rings is 2. The van der Waals surface area contributed by atoms with Crippen molar-refractivity contribution in [2.45, 2.75) is 32.1 Å². The van der Waals surface area contributed by atoms with Crippen LogP contribution in [-0.4, -0.2) is 32.3 Å². The standard InChI is InChI=1S/C22H23ClN2O5S/c1-13-5-7-17(12-18(13)23)24-21(26)9-10-31(27,28)20-11-16(6-8-19(20)29-4)22-14(2)15(3)25-30-22/h5-8,11-12H,9-10H2,1-4H3,(H,24,26). The molecule has 0 aliphatic carbocycles. The second-order valence-electron chi connectivity index (χ2n) is 7.17. The molecule has 3 rings (SSSR count). The summed E-state index contributed by atoms with van der Waals surface area (Å²) in [6.45, 7) is 5.51. The minimum atomic E-state index is -3.82. The van der Waals surface area contributed by atoms with Crippen LogP contribution in [0.3, 0.4) is 0 Å². The molecule has 3 aromatic rings. The Bertz CT molecular complexity index is 1230. The number of hydrogen-bond acceptors (Lipinski definition) is 6. The van der Waals surface area contributed by atoms with E-state index in [1.807, 2.05) is 20.8 Å². The lowest BCUT2D eigenvalue weighted by molar-refractivity contribution is -0.115. The van der Waals surface area contributed by atoms with Crippen LogP contribution < -0.4 is 10.1 Å². The van der Waals surface area contributed by atoms with Gasteiger partial charge in [0.25, 0.3) is 0 Å². The van der Waals surface area contributed by atoms with Crippen molar-refractivity contribution in [2.24, 2.45) is 0 Å². The number of rotatable bonds is 7. The molecule has 1 heterocycles. The van der Waals surface area contributed by atoms with Gasteiger partial charge in [0.1, 0.15) is 10.6 Å². The molecule has 1 amide bonds. The first-order valence-electron chi connectivity index (χ1n) is 9.52. The maximum atomic E-state index is 13.0. The summed E-state index contributed by atoms with van der Waals surface area (Å²) in [5, 5.41) is 7.11.